The number of aliphatic carboxylic acids is 1. The van der Waals surface area contributed by atoms with E-state index < -0.39 is 24.0 Å². The zero-order valence-corrected chi connectivity index (χ0v) is 31.3. The summed E-state index contributed by atoms with van der Waals surface area (Å²) in [4.78, 5) is 65.2. The van der Waals surface area contributed by atoms with E-state index in [-0.39, 0.29) is 59.8 Å². The maximum Gasteiger partial charge on any atom is 0.352 e. The highest BCUT2D eigenvalue weighted by Crippen LogP contribution is 2.51. The number of ketones is 2. The Kier molecular flexibility index (Phi) is 9.97. The summed E-state index contributed by atoms with van der Waals surface area (Å²) in [5.74, 6) is -2.65. The normalized spacial score (nSPS) is 26.8. The van der Waals surface area contributed by atoms with Gasteiger partial charge >= 0.3 is 5.97 Å². The van der Waals surface area contributed by atoms with Crippen LogP contribution < -0.4 is 30.1 Å². The lowest BCUT2D eigenvalue weighted by Gasteiger charge is -2.55. The van der Waals surface area contributed by atoms with Crippen LogP contribution in [0.1, 0.15) is 58.2 Å². The summed E-state index contributed by atoms with van der Waals surface area (Å²) >= 11 is 0. The third kappa shape index (κ3) is 6.18. The minimum Gasteiger partial charge on any atom is -1.00 e. The summed E-state index contributed by atoms with van der Waals surface area (Å²) < 4.78 is 1.67. The average molecular weight is 762 g/mol. The van der Waals surface area contributed by atoms with E-state index in [2.05, 4.69) is 11.4 Å². The van der Waals surface area contributed by atoms with E-state index in [1.165, 1.54) is 11.8 Å². The number of carboxylic acid groups (broad SMARTS) is 1. The van der Waals surface area contributed by atoms with Crippen LogP contribution in [-0.2, 0) is 20.9 Å². The highest BCUT2D eigenvalue weighted by molar-refractivity contribution is 6.22. The second-order valence-corrected chi connectivity index (χ2v) is 15.3. The number of quaternary nitrogens is 2. The first kappa shape index (κ1) is 38.3. The molecule has 2 amide bonds. The van der Waals surface area contributed by atoms with Crippen LogP contribution in [0, 0.1) is 11.8 Å². The van der Waals surface area contributed by atoms with Gasteiger partial charge < -0.3 is 54.2 Å². The third-order valence-corrected chi connectivity index (χ3v) is 12.3. The lowest BCUT2D eigenvalue weighted by Crippen LogP contribution is -3.00. The van der Waals surface area contributed by atoms with E-state index in [4.69, 9.17) is 0 Å². The Morgan fingerprint density at radius 2 is 1.53 bits per heavy atom. The molecule has 0 aromatic heterocycles. The van der Waals surface area contributed by atoms with Crippen molar-refractivity contribution in [1.29, 1.82) is 0 Å². The van der Waals surface area contributed by atoms with Gasteiger partial charge in [-0.1, -0.05) is 37.3 Å². The predicted molar refractivity (Wildman–Crippen MR) is 188 cm³/mol. The maximum atomic E-state index is 13.7. The minimum absolute atomic E-state index is 0. The number of hydrogen-bond donors (Lipinski definition) is 3. The molecule has 6 aliphatic rings. The fourth-order valence-corrected chi connectivity index (χ4v) is 9.47. The number of anilines is 1. The van der Waals surface area contributed by atoms with Crippen molar-refractivity contribution in [3.05, 3.63) is 94.2 Å². The number of aliphatic hydroxyl groups is 1. The van der Waals surface area contributed by atoms with Crippen LogP contribution in [0.3, 0.4) is 0 Å². The van der Waals surface area contributed by atoms with Gasteiger partial charge in [-0.2, -0.15) is 0 Å². The second kappa shape index (κ2) is 13.8. The number of Topliss-reactive ketones (excluding diaryl/α,β-unsaturated/α-hetero) is 1. The molecular formula is C40H42Cl2N4O7. The van der Waals surface area contributed by atoms with E-state index in [1.54, 1.807) is 43.3 Å². The van der Waals surface area contributed by atoms with Gasteiger partial charge in [-0.3, -0.25) is 19.2 Å². The average Bonchev–Trinajstić information content (AvgIpc) is 3.52. The summed E-state index contributed by atoms with van der Waals surface area (Å²) in [6.45, 7) is 11.7. The molecule has 5 aliphatic heterocycles. The Morgan fingerprint density at radius 3 is 2.17 bits per heavy atom. The Bertz CT molecular complexity index is 2090. The van der Waals surface area contributed by atoms with Crippen molar-refractivity contribution in [2.75, 3.05) is 51.1 Å². The van der Waals surface area contributed by atoms with Crippen LogP contribution >= 0.6 is 0 Å². The Hall–Kier alpha value is -4.39. The molecule has 11 nitrogen and oxygen atoms in total. The predicted octanol–water partition coefficient (Wildman–Crippen LogP) is -2.44. The molecule has 4 fully saturated rings. The smallest absolute Gasteiger partial charge is 0.352 e. The van der Waals surface area contributed by atoms with Crippen molar-refractivity contribution in [2.24, 2.45) is 11.8 Å². The number of piperazine rings is 3. The first-order valence-corrected chi connectivity index (χ1v) is 17.7. The minimum atomic E-state index is -1.18. The molecule has 3 aromatic rings. The summed E-state index contributed by atoms with van der Waals surface area (Å²) in [6.07, 6.45) is -0.883. The van der Waals surface area contributed by atoms with Crippen LogP contribution in [0.4, 0.5) is 5.69 Å². The van der Waals surface area contributed by atoms with Crippen molar-refractivity contribution in [1.82, 2.24) is 4.90 Å². The molecule has 1 aliphatic carbocycles. The van der Waals surface area contributed by atoms with E-state index >= 15 is 0 Å². The second-order valence-electron chi connectivity index (χ2n) is 15.3. The molecule has 278 valence electrons. The number of hydrogen-bond acceptors (Lipinski definition) is 6. The number of β-lactam (4-membered cyclic amide) rings is 1. The van der Waals surface area contributed by atoms with E-state index in [1.807, 2.05) is 25.1 Å². The number of carboxylic acids is 1. The van der Waals surface area contributed by atoms with Crippen molar-refractivity contribution in [2.45, 2.75) is 39.5 Å². The molecule has 0 spiro atoms. The fraction of sp³-hybridized carbons (Fsp3) is 0.375. The zero-order valence-electron chi connectivity index (χ0n) is 29.8. The quantitative estimate of drug-likeness (QED) is 0.0980. The molecule has 2 bridgehead atoms. The van der Waals surface area contributed by atoms with Crippen molar-refractivity contribution >= 4 is 40.6 Å². The highest BCUT2D eigenvalue weighted by atomic mass is 35.5. The van der Waals surface area contributed by atoms with Crippen LogP contribution in [-0.4, -0.2) is 111 Å². The molecule has 53 heavy (non-hydrogen) atoms. The van der Waals surface area contributed by atoms with Crippen molar-refractivity contribution in [3.63, 3.8) is 0 Å². The SMILES string of the molecule is CC(=O)c1cccc(NC(=O)C[N+]23CC[N+](Cc4ccc5c(c4)C(=O)c4ccc(C6=C(C(=O)O)N7C(=O)[C@H]([C@@H](C)O)[C@H]7[C@H]6C)cc4-5)(CC2)CC3)c1.[Cl-].[Cl-]. The number of nitrogens with zero attached hydrogens (tertiary/aromatic N) is 3. The number of carbonyl (C=O) groups is 5. The molecule has 0 radical (unpaired) electrons. The summed E-state index contributed by atoms with van der Waals surface area (Å²) in [5.41, 5.74) is 6.25. The number of rotatable bonds is 9. The number of aliphatic hydroxyl groups excluding tert-OH is 1. The number of nitrogens with one attached hydrogen (secondary N) is 1. The van der Waals surface area contributed by atoms with E-state index in [0.29, 0.717) is 40.1 Å². The molecule has 9 rings (SSSR count). The van der Waals surface area contributed by atoms with Crippen molar-refractivity contribution < 1.29 is 68.0 Å². The lowest BCUT2D eigenvalue weighted by atomic mass is 9.76. The molecule has 0 unspecified atom stereocenters. The first-order valence-electron chi connectivity index (χ1n) is 17.7. The number of halogens is 2. The van der Waals surface area contributed by atoms with Crippen molar-refractivity contribution in [3.8, 4) is 11.1 Å². The number of amides is 2. The Balaban J connectivity index is 0.00000240. The Labute approximate surface area is 320 Å². The van der Waals surface area contributed by atoms with Gasteiger partial charge in [-0.25, -0.2) is 4.79 Å². The molecule has 0 saturated carbocycles. The van der Waals surface area contributed by atoms with E-state index in [9.17, 15) is 34.2 Å². The van der Waals surface area contributed by atoms with Gasteiger partial charge in [0.1, 0.15) is 51.5 Å². The van der Waals surface area contributed by atoms with E-state index in [0.717, 1.165) is 71.5 Å². The van der Waals surface area contributed by atoms with Gasteiger partial charge in [0.2, 0.25) is 5.91 Å². The topological polar surface area (TPSA) is 141 Å². The van der Waals surface area contributed by atoms with Crippen LogP contribution in [0.5, 0.6) is 0 Å². The van der Waals surface area contributed by atoms with Gasteiger partial charge in [0.05, 0.1) is 18.1 Å². The van der Waals surface area contributed by atoms with Gasteiger partial charge in [-0.15, -0.1) is 0 Å². The summed E-state index contributed by atoms with van der Waals surface area (Å²) in [6, 6.07) is 18.1. The standard InChI is InChI=1S/C40H40N4O7.2ClH/c1-22-34(37(40(50)51)42-36(22)35(24(3)46)39(42)49)27-8-10-30-31(19-27)29-9-7-25(17-32(29)38(30)48)20-43-11-14-44(15-12-43,16-13-43)21-33(47)41-28-6-4-5-26(18-28)23(2)45;;/h4-10,17-19,22,24,35-36,46H,11-16,20-21H2,1-3H3;2*1H/t22-,24+,35+,36+,43?,44?;;/m0../s1. The monoisotopic (exact) mass is 760 g/mol. The highest BCUT2D eigenvalue weighted by Gasteiger charge is 2.60. The Morgan fingerprint density at radius 1 is 0.868 bits per heavy atom. The summed E-state index contributed by atoms with van der Waals surface area (Å²) in [7, 11) is 0. The largest absolute Gasteiger partial charge is 1.00 e. The van der Waals surface area contributed by atoms with Gasteiger partial charge in [0.25, 0.3) is 5.91 Å². The molecule has 13 heteroatoms. The maximum absolute atomic E-state index is 13.7. The molecular weight excluding hydrogens is 719 g/mol. The van der Waals surface area contributed by atoms with Crippen LogP contribution in [0.2, 0.25) is 0 Å². The summed E-state index contributed by atoms with van der Waals surface area (Å²) in [5, 5.41) is 23.4. The van der Waals surface area contributed by atoms with Crippen LogP contribution in [0.15, 0.2) is 66.4 Å². The third-order valence-electron chi connectivity index (χ3n) is 12.3. The molecule has 5 heterocycles. The number of carbonyl (C=O) groups excluding carboxylic acids is 4. The fourth-order valence-electron chi connectivity index (χ4n) is 9.47. The van der Waals surface area contributed by atoms with Crippen LogP contribution in [0.25, 0.3) is 16.7 Å². The van der Waals surface area contributed by atoms with Gasteiger partial charge in [-0.05, 0) is 66.4 Å². The van der Waals surface area contributed by atoms with Gasteiger partial charge in [0, 0.05) is 33.9 Å². The molecule has 3 N–H and O–H groups in total. The molecule has 4 saturated heterocycles. The number of fused-ring (bicyclic) bond motifs is 7. The van der Waals surface area contributed by atoms with Gasteiger partial charge in [0.15, 0.2) is 18.1 Å². The number of benzene rings is 3. The lowest BCUT2D eigenvalue weighted by molar-refractivity contribution is -1.08. The molecule has 4 atom stereocenters. The molecule has 3 aromatic carbocycles. The first-order chi connectivity index (χ1) is 24.3. The zero-order chi connectivity index (χ0) is 36.0.